The van der Waals surface area contributed by atoms with E-state index in [1.807, 2.05) is 25.3 Å². The maximum atomic E-state index is 11.5. The van der Waals surface area contributed by atoms with E-state index in [4.69, 9.17) is 5.73 Å². The Morgan fingerprint density at radius 2 is 2.05 bits per heavy atom. The van der Waals surface area contributed by atoms with Crippen LogP contribution in [0, 0.1) is 13.8 Å². The zero-order valence-corrected chi connectivity index (χ0v) is 11.7. The van der Waals surface area contributed by atoms with Crippen LogP contribution in [0.1, 0.15) is 34.1 Å². The van der Waals surface area contributed by atoms with Gasteiger partial charge in [-0.3, -0.25) is 0 Å². The highest BCUT2D eigenvalue weighted by molar-refractivity contribution is 6.04. The Bertz CT molecular complexity index is 641. The second-order valence-corrected chi connectivity index (χ2v) is 4.85. The van der Waals surface area contributed by atoms with Crippen LogP contribution in [-0.4, -0.2) is 22.2 Å². The average Bonchev–Trinajstić information content (AvgIpc) is 2.63. The summed E-state index contributed by atoms with van der Waals surface area (Å²) < 4.78 is 2.02. The van der Waals surface area contributed by atoms with Gasteiger partial charge >= 0.3 is 5.97 Å². The molecule has 0 unspecified atom stereocenters. The third-order valence-corrected chi connectivity index (χ3v) is 3.78. The van der Waals surface area contributed by atoms with Gasteiger partial charge in [-0.25, -0.2) is 4.79 Å². The molecule has 0 saturated heterocycles. The Labute approximate surface area is 112 Å². The average molecular weight is 260 g/mol. The molecule has 102 valence electrons. The second kappa shape index (κ2) is 5.05. The molecule has 0 radical (unpaired) electrons. The lowest BCUT2D eigenvalue weighted by Crippen LogP contribution is -2.12. The van der Waals surface area contributed by atoms with E-state index < -0.39 is 5.97 Å². The van der Waals surface area contributed by atoms with E-state index in [1.165, 1.54) is 0 Å². The number of fused-ring (bicyclic) bond motifs is 1. The van der Waals surface area contributed by atoms with E-state index in [1.54, 1.807) is 6.07 Å². The SMILES string of the molecule is CCc1cc(C(=O)O)c2c(c1)c(C)c(C)n2CCN. The van der Waals surface area contributed by atoms with Crippen molar-refractivity contribution in [1.82, 2.24) is 4.57 Å². The first-order valence-corrected chi connectivity index (χ1v) is 6.56. The fourth-order valence-electron chi connectivity index (χ4n) is 2.61. The van der Waals surface area contributed by atoms with Gasteiger partial charge in [0, 0.05) is 24.2 Å². The molecule has 0 aliphatic carbocycles. The van der Waals surface area contributed by atoms with E-state index >= 15 is 0 Å². The Morgan fingerprint density at radius 3 is 2.58 bits per heavy atom. The van der Waals surface area contributed by atoms with Crippen molar-refractivity contribution in [1.29, 1.82) is 0 Å². The molecule has 1 heterocycles. The van der Waals surface area contributed by atoms with Crippen LogP contribution in [0.15, 0.2) is 12.1 Å². The van der Waals surface area contributed by atoms with Crippen molar-refractivity contribution in [2.45, 2.75) is 33.7 Å². The van der Waals surface area contributed by atoms with Crippen LogP contribution >= 0.6 is 0 Å². The zero-order chi connectivity index (χ0) is 14.2. The summed E-state index contributed by atoms with van der Waals surface area (Å²) in [6, 6.07) is 3.87. The third-order valence-electron chi connectivity index (χ3n) is 3.78. The largest absolute Gasteiger partial charge is 0.478 e. The second-order valence-electron chi connectivity index (χ2n) is 4.85. The van der Waals surface area contributed by atoms with Gasteiger partial charge in [0.25, 0.3) is 0 Å². The van der Waals surface area contributed by atoms with Gasteiger partial charge in [-0.2, -0.15) is 0 Å². The van der Waals surface area contributed by atoms with Crippen molar-refractivity contribution >= 4 is 16.9 Å². The number of nitrogens with zero attached hydrogens (tertiary/aromatic N) is 1. The van der Waals surface area contributed by atoms with E-state index in [-0.39, 0.29) is 0 Å². The maximum absolute atomic E-state index is 11.5. The molecule has 0 spiro atoms. The Hall–Kier alpha value is -1.81. The molecule has 0 fully saturated rings. The van der Waals surface area contributed by atoms with Gasteiger partial charge in [0.1, 0.15) is 0 Å². The van der Waals surface area contributed by atoms with Crippen molar-refractivity contribution in [3.8, 4) is 0 Å². The number of carboxylic acids is 1. The van der Waals surface area contributed by atoms with Crippen LogP contribution in [0.25, 0.3) is 10.9 Å². The Kier molecular flexibility index (Phi) is 3.62. The number of hydrogen-bond donors (Lipinski definition) is 2. The molecule has 3 N–H and O–H groups in total. The van der Waals surface area contributed by atoms with Crippen LogP contribution in [0.3, 0.4) is 0 Å². The summed E-state index contributed by atoms with van der Waals surface area (Å²) in [6.45, 7) is 7.23. The van der Waals surface area contributed by atoms with Gasteiger partial charge in [-0.15, -0.1) is 0 Å². The molecular formula is C15H20N2O2. The minimum absolute atomic E-state index is 0.374. The number of carbonyl (C=O) groups is 1. The third kappa shape index (κ3) is 2.12. The molecule has 4 nitrogen and oxygen atoms in total. The molecule has 0 bridgehead atoms. The summed E-state index contributed by atoms with van der Waals surface area (Å²) in [5, 5.41) is 10.5. The molecule has 4 heteroatoms. The number of nitrogens with two attached hydrogens (primary N) is 1. The molecule has 2 rings (SSSR count). The first-order chi connectivity index (χ1) is 9.01. The molecule has 1 aromatic heterocycles. The summed E-state index contributed by atoms with van der Waals surface area (Å²) in [5.74, 6) is -0.879. The molecule has 0 saturated carbocycles. The highest BCUT2D eigenvalue weighted by atomic mass is 16.4. The first kappa shape index (κ1) is 13.6. The van der Waals surface area contributed by atoms with Crippen LogP contribution in [0.4, 0.5) is 0 Å². The highest BCUT2D eigenvalue weighted by Gasteiger charge is 2.18. The van der Waals surface area contributed by atoms with Gasteiger partial charge in [0.15, 0.2) is 0 Å². The van der Waals surface area contributed by atoms with Gasteiger partial charge in [-0.1, -0.05) is 6.92 Å². The van der Waals surface area contributed by atoms with E-state index in [9.17, 15) is 9.90 Å². The van der Waals surface area contributed by atoms with E-state index in [0.29, 0.717) is 18.7 Å². The molecule has 19 heavy (non-hydrogen) atoms. The molecule has 0 atom stereocenters. The number of aromatic carboxylic acids is 1. The maximum Gasteiger partial charge on any atom is 0.337 e. The molecule has 0 aliphatic rings. The topological polar surface area (TPSA) is 68.2 Å². The fraction of sp³-hybridized carbons (Fsp3) is 0.400. The first-order valence-electron chi connectivity index (χ1n) is 6.56. The molecular weight excluding hydrogens is 240 g/mol. The number of aryl methyl sites for hydroxylation is 2. The number of benzene rings is 1. The van der Waals surface area contributed by atoms with Crippen molar-refractivity contribution in [2.75, 3.05) is 6.54 Å². The lowest BCUT2D eigenvalue weighted by atomic mass is 10.0. The molecule has 2 aromatic rings. The van der Waals surface area contributed by atoms with Gasteiger partial charge in [0.2, 0.25) is 0 Å². The van der Waals surface area contributed by atoms with Crippen LogP contribution < -0.4 is 5.73 Å². The highest BCUT2D eigenvalue weighted by Crippen LogP contribution is 2.29. The fourth-order valence-corrected chi connectivity index (χ4v) is 2.61. The van der Waals surface area contributed by atoms with Crippen LogP contribution in [0.5, 0.6) is 0 Å². The molecule has 0 aliphatic heterocycles. The smallest absolute Gasteiger partial charge is 0.337 e. The van der Waals surface area contributed by atoms with E-state index in [0.717, 1.165) is 34.1 Å². The lowest BCUT2D eigenvalue weighted by Gasteiger charge is -2.09. The zero-order valence-electron chi connectivity index (χ0n) is 11.7. The monoisotopic (exact) mass is 260 g/mol. The summed E-state index contributed by atoms with van der Waals surface area (Å²) in [5.41, 5.74) is 10.1. The number of rotatable bonds is 4. The normalized spacial score (nSPS) is 11.2. The van der Waals surface area contributed by atoms with Crippen molar-refractivity contribution in [2.24, 2.45) is 5.73 Å². The van der Waals surface area contributed by atoms with Crippen molar-refractivity contribution < 1.29 is 9.90 Å². The van der Waals surface area contributed by atoms with Crippen molar-refractivity contribution in [3.05, 3.63) is 34.5 Å². The van der Waals surface area contributed by atoms with Gasteiger partial charge < -0.3 is 15.4 Å². The van der Waals surface area contributed by atoms with Crippen LogP contribution in [0.2, 0.25) is 0 Å². The summed E-state index contributed by atoms with van der Waals surface area (Å²) >= 11 is 0. The molecule has 1 aromatic carbocycles. The standard InChI is InChI=1S/C15H20N2O2/c1-4-11-7-12-9(2)10(3)17(6-5-16)14(12)13(8-11)15(18)19/h7-8H,4-6,16H2,1-3H3,(H,18,19). The summed E-state index contributed by atoms with van der Waals surface area (Å²) in [7, 11) is 0. The molecule has 0 amide bonds. The lowest BCUT2D eigenvalue weighted by molar-refractivity contribution is 0.0698. The predicted octanol–water partition coefficient (Wildman–Crippen LogP) is 2.48. The minimum Gasteiger partial charge on any atom is -0.478 e. The van der Waals surface area contributed by atoms with Crippen LogP contribution in [-0.2, 0) is 13.0 Å². The van der Waals surface area contributed by atoms with Gasteiger partial charge in [0.05, 0.1) is 11.1 Å². The van der Waals surface area contributed by atoms with Gasteiger partial charge in [-0.05, 0) is 43.5 Å². The van der Waals surface area contributed by atoms with E-state index in [2.05, 4.69) is 6.07 Å². The summed E-state index contributed by atoms with van der Waals surface area (Å²) in [4.78, 5) is 11.5. The predicted molar refractivity (Wildman–Crippen MR) is 76.8 cm³/mol. The number of aromatic nitrogens is 1. The van der Waals surface area contributed by atoms with Crippen molar-refractivity contribution in [3.63, 3.8) is 0 Å². The quantitative estimate of drug-likeness (QED) is 0.887. The number of hydrogen-bond acceptors (Lipinski definition) is 2. The minimum atomic E-state index is -0.879. The number of carboxylic acid groups (broad SMARTS) is 1. The Morgan fingerprint density at radius 1 is 1.37 bits per heavy atom. The Balaban J connectivity index is 2.89. The summed E-state index contributed by atoms with van der Waals surface area (Å²) in [6.07, 6.45) is 0.830.